The number of nitrogens with one attached hydrogen (secondary N) is 1. The Hall–Kier alpha value is -1.84. The van der Waals surface area contributed by atoms with Crippen molar-refractivity contribution in [1.82, 2.24) is 10.2 Å². The Kier molecular flexibility index (Phi) is 4.41. The summed E-state index contributed by atoms with van der Waals surface area (Å²) in [4.78, 5) is 26.7. The van der Waals surface area contributed by atoms with Gasteiger partial charge in [-0.1, -0.05) is 70.7 Å². The van der Waals surface area contributed by atoms with Gasteiger partial charge in [0.2, 0.25) is 0 Å². The summed E-state index contributed by atoms with van der Waals surface area (Å²) in [6, 6.07) is 8.00. The lowest BCUT2D eigenvalue weighted by molar-refractivity contribution is -0.132. The Morgan fingerprint density at radius 2 is 1.58 bits per heavy atom. The highest BCUT2D eigenvalue weighted by atomic mass is 16.2. The van der Waals surface area contributed by atoms with Gasteiger partial charge in [0.15, 0.2) is 0 Å². The van der Waals surface area contributed by atoms with Gasteiger partial charge < -0.3 is 5.32 Å². The maximum Gasteiger partial charge on any atom is 0.325 e. The molecule has 24 heavy (non-hydrogen) atoms. The molecular weight excluding hydrogens is 300 g/mol. The number of carbonyl (C=O) groups excluding carboxylic acids is 2. The van der Waals surface area contributed by atoms with Crippen LogP contribution in [0.5, 0.6) is 0 Å². The number of carbonyl (C=O) groups is 2. The molecule has 1 aromatic rings. The molecule has 1 heterocycles. The summed E-state index contributed by atoms with van der Waals surface area (Å²) < 4.78 is 0. The minimum absolute atomic E-state index is 0.0331. The molecule has 4 heteroatoms. The first-order valence-electron chi connectivity index (χ1n) is 9.05. The van der Waals surface area contributed by atoms with E-state index in [0.29, 0.717) is 6.54 Å². The Labute approximate surface area is 144 Å². The SMILES string of the molecule is CC(C)(C)c1ccc(CN2C(=O)NC3(CCCCCC3)C2=O)cc1. The fraction of sp³-hybridized carbons (Fsp3) is 0.600. The van der Waals surface area contributed by atoms with Gasteiger partial charge in [-0.2, -0.15) is 0 Å². The third-order valence-corrected chi connectivity index (χ3v) is 5.36. The zero-order chi connectivity index (χ0) is 17.4. The molecule has 4 nitrogen and oxygen atoms in total. The van der Waals surface area contributed by atoms with Crippen molar-refractivity contribution in [1.29, 1.82) is 0 Å². The van der Waals surface area contributed by atoms with E-state index in [4.69, 9.17) is 0 Å². The molecule has 130 valence electrons. The average Bonchev–Trinajstić information content (AvgIpc) is 2.71. The normalized spacial score (nSPS) is 21.0. The van der Waals surface area contributed by atoms with Gasteiger partial charge in [0.05, 0.1) is 6.54 Å². The van der Waals surface area contributed by atoms with Crippen LogP contribution in [0.4, 0.5) is 4.79 Å². The van der Waals surface area contributed by atoms with E-state index in [1.807, 2.05) is 12.1 Å². The van der Waals surface area contributed by atoms with Crippen LogP contribution in [0.15, 0.2) is 24.3 Å². The molecule has 0 bridgehead atoms. The van der Waals surface area contributed by atoms with Gasteiger partial charge in [-0.3, -0.25) is 9.69 Å². The molecule has 0 atom stereocenters. The predicted octanol–water partition coefficient (Wildman–Crippen LogP) is 4.13. The molecule has 1 N–H and O–H groups in total. The van der Waals surface area contributed by atoms with E-state index in [-0.39, 0.29) is 17.4 Å². The molecule has 1 saturated heterocycles. The fourth-order valence-corrected chi connectivity index (χ4v) is 3.78. The lowest BCUT2D eigenvalue weighted by atomic mass is 9.86. The molecule has 0 radical (unpaired) electrons. The highest BCUT2D eigenvalue weighted by Crippen LogP contribution is 2.33. The number of hydrogen-bond acceptors (Lipinski definition) is 2. The van der Waals surface area contributed by atoms with E-state index in [1.165, 1.54) is 10.5 Å². The largest absolute Gasteiger partial charge is 0.325 e. The number of rotatable bonds is 2. The van der Waals surface area contributed by atoms with Crippen molar-refractivity contribution in [2.24, 2.45) is 0 Å². The molecule has 3 rings (SSSR count). The quantitative estimate of drug-likeness (QED) is 0.830. The Balaban J connectivity index is 1.75. The molecule has 0 unspecified atom stereocenters. The molecule has 1 aromatic carbocycles. The van der Waals surface area contributed by atoms with Gasteiger partial charge in [0.1, 0.15) is 5.54 Å². The van der Waals surface area contributed by atoms with Gasteiger partial charge in [-0.25, -0.2) is 4.79 Å². The summed E-state index contributed by atoms with van der Waals surface area (Å²) in [6.07, 6.45) is 5.88. The average molecular weight is 328 g/mol. The van der Waals surface area contributed by atoms with Crippen LogP contribution in [-0.2, 0) is 16.8 Å². The number of amides is 3. The molecule has 1 aliphatic heterocycles. The first-order valence-corrected chi connectivity index (χ1v) is 9.05. The molecule has 2 aliphatic rings. The van der Waals surface area contributed by atoms with Crippen LogP contribution in [0.2, 0.25) is 0 Å². The lowest BCUT2D eigenvalue weighted by Crippen LogP contribution is -2.46. The minimum atomic E-state index is -0.640. The molecule has 3 amide bonds. The number of imide groups is 1. The summed E-state index contributed by atoms with van der Waals surface area (Å²) in [5.41, 5.74) is 1.71. The van der Waals surface area contributed by atoms with E-state index in [0.717, 1.165) is 44.1 Å². The van der Waals surface area contributed by atoms with Crippen molar-refractivity contribution < 1.29 is 9.59 Å². The number of urea groups is 1. The third kappa shape index (κ3) is 3.19. The van der Waals surface area contributed by atoms with Gasteiger partial charge in [0.25, 0.3) is 5.91 Å². The van der Waals surface area contributed by atoms with E-state index in [2.05, 4.69) is 38.2 Å². The first kappa shape index (κ1) is 17.0. The van der Waals surface area contributed by atoms with E-state index in [9.17, 15) is 9.59 Å². The van der Waals surface area contributed by atoms with Crippen LogP contribution >= 0.6 is 0 Å². The summed E-state index contributed by atoms with van der Waals surface area (Å²) in [5, 5.41) is 3.00. The summed E-state index contributed by atoms with van der Waals surface area (Å²) in [5.74, 6) is -0.0331. The molecular formula is C20H28N2O2. The molecule has 1 saturated carbocycles. The van der Waals surface area contributed by atoms with Crippen LogP contribution in [-0.4, -0.2) is 22.4 Å². The first-order chi connectivity index (χ1) is 11.3. The second kappa shape index (κ2) is 6.23. The smallest absolute Gasteiger partial charge is 0.323 e. The van der Waals surface area contributed by atoms with Crippen LogP contribution in [0, 0.1) is 0 Å². The predicted molar refractivity (Wildman–Crippen MR) is 94.7 cm³/mol. The highest BCUT2D eigenvalue weighted by molar-refractivity contribution is 6.07. The van der Waals surface area contributed by atoms with Crippen molar-refractivity contribution in [2.45, 2.75) is 76.8 Å². The standard InChI is InChI=1S/C20H28N2O2/c1-19(2,3)16-10-8-15(9-11-16)14-22-17(23)20(21-18(22)24)12-6-4-5-7-13-20/h8-11H,4-7,12-14H2,1-3H3,(H,21,24). The monoisotopic (exact) mass is 328 g/mol. The third-order valence-electron chi connectivity index (χ3n) is 5.36. The topological polar surface area (TPSA) is 49.4 Å². The Bertz CT molecular complexity index is 620. The van der Waals surface area contributed by atoms with Gasteiger partial charge in [0, 0.05) is 0 Å². The minimum Gasteiger partial charge on any atom is -0.323 e. The van der Waals surface area contributed by atoms with Crippen LogP contribution in [0.25, 0.3) is 0 Å². The fourth-order valence-electron chi connectivity index (χ4n) is 3.78. The van der Waals surface area contributed by atoms with Crippen molar-refractivity contribution in [3.63, 3.8) is 0 Å². The second-order valence-electron chi connectivity index (χ2n) is 8.26. The van der Waals surface area contributed by atoms with E-state index < -0.39 is 5.54 Å². The summed E-state index contributed by atoms with van der Waals surface area (Å²) >= 11 is 0. The second-order valence-corrected chi connectivity index (χ2v) is 8.26. The number of benzene rings is 1. The van der Waals surface area contributed by atoms with Gasteiger partial charge in [-0.15, -0.1) is 0 Å². The van der Waals surface area contributed by atoms with Gasteiger partial charge >= 0.3 is 6.03 Å². The van der Waals surface area contributed by atoms with Crippen molar-refractivity contribution in [2.75, 3.05) is 0 Å². The number of nitrogens with zero attached hydrogens (tertiary/aromatic N) is 1. The molecule has 0 aromatic heterocycles. The van der Waals surface area contributed by atoms with E-state index >= 15 is 0 Å². The maximum absolute atomic E-state index is 12.9. The van der Waals surface area contributed by atoms with E-state index in [1.54, 1.807) is 0 Å². The summed E-state index contributed by atoms with van der Waals surface area (Å²) in [6.45, 7) is 6.89. The number of hydrogen-bond donors (Lipinski definition) is 1. The molecule has 2 fully saturated rings. The maximum atomic E-state index is 12.9. The molecule has 1 spiro atoms. The highest BCUT2D eigenvalue weighted by Gasteiger charge is 2.50. The van der Waals surface area contributed by atoms with Crippen LogP contribution in [0.1, 0.15) is 70.4 Å². The zero-order valence-electron chi connectivity index (χ0n) is 15.0. The zero-order valence-corrected chi connectivity index (χ0v) is 15.0. The van der Waals surface area contributed by atoms with Crippen molar-refractivity contribution in [3.05, 3.63) is 35.4 Å². The van der Waals surface area contributed by atoms with Crippen LogP contribution in [0.3, 0.4) is 0 Å². The van der Waals surface area contributed by atoms with Crippen LogP contribution < -0.4 is 5.32 Å². The lowest BCUT2D eigenvalue weighted by Gasteiger charge is -2.24. The summed E-state index contributed by atoms with van der Waals surface area (Å²) in [7, 11) is 0. The van der Waals surface area contributed by atoms with Crippen molar-refractivity contribution in [3.8, 4) is 0 Å². The Morgan fingerprint density at radius 3 is 2.12 bits per heavy atom. The van der Waals surface area contributed by atoms with Crippen molar-refractivity contribution >= 4 is 11.9 Å². The van der Waals surface area contributed by atoms with Gasteiger partial charge in [-0.05, 0) is 29.4 Å². The molecule has 1 aliphatic carbocycles. The Morgan fingerprint density at radius 1 is 1.00 bits per heavy atom.